The summed E-state index contributed by atoms with van der Waals surface area (Å²) in [6, 6.07) is 12.0. The van der Waals surface area contributed by atoms with Crippen LogP contribution in [0.25, 0.3) is 0 Å². The van der Waals surface area contributed by atoms with E-state index in [4.69, 9.17) is 0 Å². The van der Waals surface area contributed by atoms with Crippen molar-refractivity contribution in [3.05, 3.63) is 69.8 Å². The van der Waals surface area contributed by atoms with E-state index in [-0.39, 0.29) is 23.2 Å². The van der Waals surface area contributed by atoms with E-state index in [2.05, 4.69) is 10.6 Å². The molecule has 130 valence electrons. The maximum Gasteiger partial charge on any atom is 0.270 e. The highest BCUT2D eigenvalue weighted by molar-refractivity contribution is 6.09. The highest BCUT2D eigenvalue weighted by atomic mass is 16.6. The number of rotatable bonds is 6. The number of hydrogen-bond acceptors (Lipinski definition) is 4. The number of para-hydroxylation sites is 1. The molecule has 0 radical (unpaired) electrons. The summed E-state index contributed by atoms with van der Waals surface area (Å²) in [5.41, 5.74) is 0.656. The first kappa shape index (κ1) is 18.1. The third kappa shape index (κ3) is 4.63. The molecule has 0 spiro atoms. The highest BCUT2D eigenvalue weighted by Gasteiger charge is 2.16. The SMILES string of the molecule is CCC(C)NC(=O)c1ccccc1NC(=O)c1cccc([N+](=O)[O-])c1. The van der Waals surface area contributed by atoms with Gasteiger partial charge in [-0.2, -0.15) is 0 Å². The van der Waals surface area contributed by atoms with Crippen LogP contribution in [-0.2, 0) is 0 Å². The van der Waals surface area contributed by atoms with Gasteiger partial charge in [0.1, 0.15) is 0 Å². The van der Waals surface area contributed by atoms with Crippen LogP contribution in [0.1, 0.15) is 41.0 Å². The van der Waals surface area contributed by atoms with E-state index >= 15 is 0 Å². The minimum absolute atomic E-state index is 0.00744. The molecule has 0 saturated heterocycles. The lowest BCUT2D eigenvalue weighted by atomic mass is 10.1. The van der Waals surface area contributed by atoms with E-state index < -0.39 is 10.8 Å². The zero-order valence-electron chi connectivity index (χ0n) is 14.0. The smallest absolute Gasteiger partial charge is 0.270 e. The third-order valence-corrected chi connectivity index (χ3v) is 3.73. The van der Waals surface area contributed by atoms with Crippen molar-refractivity contribution in [2.75, 3.05) is 5.32 Å². The first-order valence-corrected chi connectivity index (χ1v) is 7.88. The first-order chi connectivity index (χ1) is 11.9. The van der Waals surface area contributed by atoms with Gasteiger partial charge in [0.15, 0.2) is 0 Å². The number of nitrogens with one attached hydrogen (secondary N) is 2. The molecular weight excluding hydrogens is 322 g/mol. The van der Waals surface area contributed by atoms with Crippen LogP contribution in [0.5, 0.6) is 0 Å². The second kappa shape index (κ2) is 8.05. The fraction of sp³-hybridized carbons (Fsp3) is 0.222. The predicted octanol–water partition coefficient (Wildman–Crippen LogP) is 3.38. The summed E-state index contributed by atoms with van der Waals surface area (Å²) < 4.78 is 0. The number of benzene rings is 2. The minimum Gasteiger partial charge on any atom is -0.350 e. The zero-order chi connectivity index (χ0) is 18.4. The Morgan fingerprint density at radius 1 is 1.12 bits per heavy atom. The Morgan fingerprint density at radius 3 is 2.52 bits per heavy atom. The van der Waals surface area contributed by atoms with Crippen LogP contribution < -0.4 is 10.6 Å². The van der Waals surface area contributed by atoms with E-state index in [1.54, 1.807) is 24.3 Å². The fourth-order valence-corrected chi connectivity index (χ4v) is 2.15. The zero-order valence-corrected chi connectivity index (χ0v) is 14.0. The number of amides is 2. The van der Waals surface area contributed by atoms with Gasteiger partial charge in [0, 0.05) is 23.7 Å². The molecule has 2 amide bonds. The molecule has 0 aliphatic carbocycles. The summed E-state index contributed by atoms with van der Waals surface area (Å²) in [5, 5.41) is 16.3. The van der Waals surface area contributed by atoms with E-state index in [9.17, 15) is 19.7 Å². The molecule has 0 aromatic heterocycles. The summed E-state index contributed by atoms with van der Waals surface area (Å²) in [7, 11) is 0. The molecule has 7 heteroatoms. The van der Waals surface area contributed by atoms with Gasteiger partial charge >= 0.3 is 0 Å². The third-order valence-electron chi connectivity index (χ3n) is 3.73. The molecule has 7 nitrogen and oxygen atoms in total. The predicted molar refractivity (Wildman–Crippen MR) is 94.7 cm³/mol. The van der Waals surface area contributed by atoms with Crippen LogP contribution in [0.15, 0.2) is 48.5 Å². The van der Waals surface area contributed by atoms with Crippen molar-refractivity contribution in [2.45, 2.75) is 26.3 Å². The van der Waals surface area contributed by atoms with Gasteiger partial charge < -0.3 is 10.6 Å². The van der Waals surface area contributed by atoms with Gasteiger partial charge in [-0.1, -0.05) is 25.1 Å². The molecule has 0 heterocycles. The highest BCUT2D eigenvalue weighted by Crippen LogP contribution is 2.18. The molecule has 25 heavy (non-hydrogen) atoms. The molecule has 0 saturated carbocycles. The van der Waals surface area contributed by atoms with Gasteiger partial charge in [0.05, 0.1) is 16.2 Å². The van der Waals surface area contributed by atoms with Crippen LogP contribution in [0.4, 0.5) is 11.4 Å². The second-order valence-electron chi connectivity index (χ2n) is 5.59. The molecule has 1 atom stereocenters. The topological polar surface area (TPSA) is 101 Å². The van der Waals surface area contributed by atoms with Crippen LogP contribution in [0, 0.1) is 10.1 Å². The Kier molecular flexibility index (Phi) is 5.84. The minimum atomic E-state index is -0.565. The number of nitro benzene ring substituents is 1. The van der Waals surface area contributed by atoms with E-state index in [0.29, 0.717) is 11.3 Å². The Morgan fingerprint density at radius 2 is 1.84 bits per heavy atom. The van der Waals surface area contributed by atoms with Crippen LogP contribution in [-0.4, -0.2) is 22.8 Å². The average molecular weight is 341 g/mol. The summed E-state index contributed by atoms with van der Waals surface area (Å²) >= 11 is 0. The van der Waals surface area contributed by atoms with Crippen LogP contribution in [0.2, 0.25) is 0 Å². The Balaban J connectivity index is 2.23. The van der Waals surface area contributed by atoms with Gasteiger partial charge in [-0.3, -0.25) is 19.7 Å². The number of nitro groups is 1. The van der Waals surface area contributed by atoms with E-state index in [1.165, 1.54) is 24.3 Å². The lowest BCUT2D eigenvalue weighted by Gasteiger charge is -2.14. The molecular formula is C18H19N3O4. The summed E-state index contributed by atoms with van der Waals surface area (Å²) in [5.74, 6) is -0.809. The van der Waals surface area contributed by atoms with Crippen molar-refractivity contribution in [3.8, 4) is 0 Å². The number of nitrogens with zero attached hydrogens (tertiary/aromatic N) is 1. The summed E-state index contributed by atoms with van der Waals surface area (Å²) in [6.45, 7) is 3.85. The molecule has 1 unspecified atom stereocenters. The molecule has 2 rings (SSSR count). The van der Waals surface area contributed by atoms with Crippen LogP contribution >= 0.6 is 0 Å². The molecule has 2 aromatic rings. The molecule has 2 N–H and O–H groups in total. The largest absolute Gasteiger partial charge is 0.350 e. The number of carbonyl (C=O) groups excluding carboxylic acids is 2. The van der Waals surface area contributed by atoms with E-state index in [0.717, 1.165) is 6.42 Å². The normalized spacial score (nSPS) is 11.4. The number of non-ortho nitro benzene ring substituents is 1. The fourth-order valence-electron chi connectivity index (χ4n) is 2.15. The van der Waals surface area contributed by atoms with Crippen LogP contribution in [0.3, 0.4) is 0 Å². The van der Waals surface area contributed by atoms with E-state index in [1.807, 2.05) is 13.8 Å². The molecule has 0 aliphatic heterocycles. The summed E-state index contributed by atoms with van der Waals surface area (Å²) in [6.07, 6.45) is 0.786. The van der Waals surface area contributed by atoms with Gasteiger partial charge in [-0.05, 0) is 31.5 Å². The lowest BCUT2D eigenvalue weighted by molar-refractivity contribution is -0.384. The van der Waals surface area contributed by atoms with Crippen molar-refractivity contribution in [2.24, 2.45) is 0 Å². The van der Waals surface area contributed by atoms with Gasteiger partial charge in [0.2, 0.25) is 0 Å². The number of carbonyl (C=O) groups is 2. The maximum absolute atomic E-state index is 12.4. The Bertz CT molecular complexity index is 804. The van der Waals surface area contributed by atoms with Crippen molar-refractivity contribution in [1.29, 1.82) is 0 Å². The van der Waals surface area contributed by atoms with Gasteiger partial charge in [0.25, 0.3) is 17.5 Å². The molecule has 0 fully saturated rings. The van der Waals surface area contributed by atoms with Crippen molar-refractivity contribution < 1.29 is 14.5 Å². The number of anilines is 1. The standard InChI is InChI=1S/C18H19N3O4/c1-3-12(2)19-18(23)15-9-4-5-10-16(15)20-17(22)13-7-6-8-14(11-13)21(24)25/h4-12H,3H2,1-2H3,(H,19,23)(H,20,22). The Labute approximate surface area is 145 Å². The quantitative estimate of drug-likeness (QED) is 0.621. The first-order valence-electron chi connectivity index (χ1n) is 7.88. The maximum atomic E-state index is 12.4. The molecule has 0 bridgehead atoms. The van der Waals surface area contributed by atoms with Crippen molar-refractivity contribution in [1.82, 2.24) is 5.32 Å². The Hall–Kier alpha value is -3.22. The molecule has 2 aromatic carbocycles. The van der Waals surface area contributed by atoms with Gasteiger partial charge in [-0.15, -0.1) is 0 Å². The summed E-state index contributed by atoms with van der Waals surface area (Å²) in [4.78, 5) is 35.0. The second-order valence-corrected chi connectivity index (χ2v) is 5.59. The van der Waals surface area contributed by atoms with Crippen molar-refractivity contribution in [3.63, 3.8) is 0 Å². The molecule has 0 aliphatic rings. The van der Waals surface area contributed by atoms with Gasteiger partial charge in [-0.25, -0.2) is 0 Å². The van der Waals surface area contributed by atoms with Crippen molar-refractivity contribution >= 4 is 23.2 Å². The number of hydrogen-bond donors (Lipinski definition) is 2. The lowest BCUT2D eigenvalue weighted by Crippen LogP contribution is -2.32. The monoisotopic (exact) mass is 341 g/mol. The average Bonchev–Trinajstić information content (AvgIpc) is 2.62.